The van der Waals surface area contributed by atoms with Gasteiger partial charge in [-0.3, -0.25) is 0 Å². The SMILES string of the molecule is CSSCCn1ccnc1. The van der Waals surface area contributed by atoms with Crippen LogP contribution in [0.2, 0.25) is 0 Å². The monoisotopic (exact) mass is 174 g/mol. The van der Waals surface area contributed by atoms with E-state index < -0.39 is 0 Å². The molecule has 0 fully saturated rings. The summed E-state index contributed by atoms with van der Waals surface area (Å²) >= 11 is 0. The second-order valence-electron chi connectivity index (χ2n) is 1.79. The second-order valence-corrected chi connectivity index (χ2v) is 4.47. The van der Waals surface area contributed by atoms with Crippen molar-refractivity contribution in [2.75, 3.05) is 12.0 Å². The largest absolute Gasteiger partial charge is 0.337 e. The number of hydrogen-bond donors (Lipinski definition) is 0. The third-order valence-corrected chi connectivity index (χ3v) is 2.90. The predicted molar refractivity (Wildman–Crippen MR) is 48.2 cm³/mol. The van der Waals surface area contributed by atoms with Crippen LogP contribution < -0.4 is 0 Å². The van der Waals surface area contributed by atoms with Gasteiger partial charge in [0.05, 0.1) is 6.33 Å². The summed E-state index contributed by atoms with van der Waals surface area (Å²) in [6.07, 6.45) is 7.74. The summed E-state index contributed by atoms with van der Waals surface area (Å²) < 4.78 is 2.09. The van der Waals surface area contributed by atoms with E-state index in [9.17, 15) is 0 Å². The van der Waals surface area contributed by atoms with Crippen molar-refractivity contribution in [3.63, 3.8) is 0 Å². The molecular formula is C6H10N2S2. The molecule has 0 aliphatic carbocycles. The summed E-state index contributed by atoms with van der Waals surface area (Å²) in [7, 11) is 3.68. The molecule has 1 aromatic rings. The van der Waals surface area contributed by atoms with Gasteiger partial charge in [0.1, 0.15) is 0 Å². The Morgan fingerprint density at radius 3 is 3.10 bits per heavy atom. The van der Waals surface area contributed by atoms with Gasteiger partial charge in [0, 0.05) is 24.7 Å². The smallest absolute Gasteiger partial charge is 0.0946 e. The Morgan fingerprint density at radius 1 is 1.60 bits per heavy atom. The van der Waals surface area contributed by atoms with E-state index in [1.54, 1.807) is 10.8 Å². The van der Waals surface area contributed by atoms with Gasteiger partial charge in [-0.05, 0) is 6.26 Å². The highest BCUT2D eigenvalue weighted by Crippen LogP contribution is 2.16. The summed E-state index contributed by atoms with van der Waals surface area (Å²) in [4.78, 5) is 3.95. The number of aromatic nitrogens is 2. The Bertz CT molecular complexity index is 162. The van der Waals surface area contributed by atoms with Crippen LogP contribution in [0.4, 0.5) is 0 Å². The highest BCUT2D eigenvalue weighted by atomic mass is 33.1. The lowest BCUT2D eigenvalue weighted by Crippen LogP contribution is -1.95. The van der Waals surface area contributed by atoms with Crippen molar-refractivity contribution in [3.05, 3.63) is 18.7 Å². The maximum Gasteiger partial charge on any atom is 0.0946 e. The van der Waals surface area contributed by atoms with Gasteiger partial charge >= 0.3 is 0 Å². The third kappa shape index (κ3) is 2.66. The Balaban J connectivity index is 2.15. The Hall–Kier alpha value is -0.0900. The van der Waals surface area contributed by atoms with E-state index in [0.717, 1.165) is 12.3 Å². The van der Waals surface area contributed by atoms with Crippen molar-refractivity contribution >= 4 is 21.6 Å². The van der Waals surface area contributed by atoms with Crippen LogP contribution in [-0.4, -0.2) is 21.6 Å². The summed E-state index contributed by atoms with van der Waals surface area (Å²) in [6.45, 7) is 1.06. The van der Waals surface area contributed by atoms with E-state index in [1.807, 2.05) is 29.5 Å². The summed E-state index contributed by atoms with van der Waals surface area (Å²) in [6, 6.07) is 0. The van der Waals surface area contributed by atoms with Gasteiger partial charge in [0.2, 0.25) is 0 Å². The van der Waals surface area contributed by atoms with Crippen molar-refractivity contribution in [2.24, 2.45) is 0 Å². The maximum absolute atomic E-state index is 3.95. The minimum Gasteiger partial charge on any atom is -0.337 e. The zero-order valence-corrected chi connectivity index (χ0v) is 7.49. The van der Waals surface area contributed by atoms with Gasteiger partial charge < -0.3 is 4.57 Å². The third-order valence-electron chi connectivity index (χ3n) is 1.11. The van der Waals surface area contributed by atoms with E-state index in [-0.39, 0.29) is 0 Å². The molecule has 0 atom stereocenters. The van der Waals surface area contributed by atoms with E-state index >= 15 is 0 Å². The van der Waals surface area contributed by atoms with Crippen molar-refractivity contribution in [1.29, 1.82) is 0 Å². The number of imidazole rings is 1. The zero-order valence-electron chi connectivity index (χ0n) is 5.86. The maximum atomic E-state index is 3.95. The van der Waals surface area contributed by atoms with Gasteiger partial charge in [-0.25, -0.2) is 4.98 Å². The highest BCUT2D eigenvalue weighted by Gasteiger charge is 1.88. The molecule has 1 rings (SSSR count). The minimum absolute atomic E-state index is 1.06. The Labute approximate surface area is 68.8 Å². The van der Waals surface area contributed by atoms with Crippen LogP contribution >= 0.6 is 21.6 Å². The molecule has 0 unspecified atom stereocenters. The van der Waals surface area contributed by atoms with E-state index in [1.165, 1.54) is 0 Å². The minimum atomic E-state index is 1.06. The summed E-state index contributed by atoms with van der Waals surface area (Å²) in [5, 5.41) is 0. The molecule has 0 amide bonds. The first-order valence-corrected chi connectivity index (χ1v) is 5.77. The van der Waals surface area contributed by atoms with Crippen LogP contribution in [0, 0.1) is 0 Å². The summed E-state index contributed by atoms with van der Waals surface area (Å²) in [5.41, 5.74) is 0. The van der Waals surface area contributed by atoms with Gasteiger partial charge in [0.15, 0.2) is 0 Å². The number of rotatable bonds is 4. The average Bonchev–Trinajstić information content (AvgIpc) is 2.41. The molecule has 1 aromatic heterocycles. The van der Waals surface area contributed by atoms with Crippen molar-refractivity contribution < 1.29 is 0 Å². The number of aryl methyl sites for hydroxylation is 1. The molecule has 0 aliphatic rings. The fraction of sp³-hybridized carbons (Fsp3) is 0.500. The molecule has 0 aliphatic heterocycles. The average molecular weight is 174 g/mol. The van der Waals surface area contributed by atoms with Crippen LogP contribution in [0.5, 0.6) is 0 Å². The highest BCUT2D eigenvalue weighted by molar-refractivity contribution is 8.76. The van der Waals surface area contributed by atoms with Crippen LogP contribution in [0.3, 0.4) is 0 Å². The van der Waals surface area contributed by atoms with Crippen LogP contribution in [0.25, 0.3) is 0 Å². The van der Waals surface area contributed by atoms with Gasteiger partial charge in [-0.2, -0.15) is 0 Å². The standard InChI is InChI=1S/C6H10N2S2/c1-9-10-5-4-8-3-2-7-6-8/h2-3,6H,4-5H2,1H3. The molecule has 4 heteroatoms. The van der Waals surface area contributed by atoms with Gasteiger partial charge in [-0.1, -0.05) is 21.6 Å². The van der Waals surface area contributed by atoms with E-state index in [2.05, 4.69) is 15.8 Å². The van der Waals surface area contributed by atoms with Gasteiger partial charge in [0.25, 0.3) is 0 Å². The molecule has 0 aromatic carbocycles. The van der Waals surface area contributed by atoms with Crippen LogP contribution in [-0.2, 0) is 6.54 Å². The predicted octanol–water partition coefficient (Wildman–Crippen LogP) is 1.89. The van der Waals surface area contributed by atoms with Crippen molar-refractivity contribution in [1.82, 2.24) is 9.55 Å². The first-order chi connectivity index (χ1) is 4.93. The lowest BCUT2D eigenvalue weighted by molar-refractivity contribution is 0.772. The van der Waals surface area contributed by atoms with E-state index in [0.29, 0.717) is 0 Å². The van der Waals surface area contributed by atoms with Crippen LogP contribution in [0.1, 0.15) is 0 Å². The van der Waals surface area contributed by atoms with Crippen LogP contribution in [0.15, 0.2) is 18.7 Å². The summed E-state index contributed by atoms with van der Waals surface area (Å²) in [5.74, 6) is 1.15. The van der Waals surface area contributed by atoms with Gasteiger partial charge in [-0.15, -0.1) is 0 Å². The van der Waals surface area contributed by atoms with E-state index in [4.69, 9.17) is 0 Å². The molecule has 56 valence electrons. The Morgan fingerprint density at radius 2 is 2.50 bits per heavy atom. The first kappa shape index (κ1) is 8.01. The fourth-order valence-corrected chi connectivity index (χ4v) is 1.82. The molecule has 2 nitrogen and oxygen atoms in total. The fourth-order valence-electron chi connectivity index (χ4n) is 0.645. The molecule has 0 spiro atoms. The lowest BCUT2D eigenvalue weighted by Gasteiger charge is -1.97. The topological polar surface area (TPSA) is 17.8 Å². The number of nitrogens with zero attached hydrogens (tertiary/aromatic N) is 2. The van der Waals surface area contributed by atoms with Crippen molar-refractivity contribution in [3.8, 4) is 0 Å². The number of hydrogen-bond acceptors (Lipinski definition) is 3. The molecule has 0 saturated carbocycles. The molecule has 1 heterocycles. The molecule has 10 heavy (non-hydrogen) atoms. The van der Waals surface area contributed by atoms with Crippen molar-refractivity contribution in [2.45, 2.75) is 6.54 Å². The first-order valence-electron chi connectivity index (χ1n) is 3.05. The lowest BCUT2D eigenvalue weighted by atomic mass is 10.7. The molecular weight excluding hydrogens is 164 g/mol. The molecule has 0 N–H and O–H groups in total. The quantitative estimate of drug-likeness (QED) is 0.513. The normalized spacial score (nSPS) is 10.1. The second kappa shape index (κ2) is 4.68. The zero-order chi connectivity index (χ0) is 7.23. The molecule has 0 radical (unpaired) electrons. The molecule has 0 bridgehead atoms. The Kier molecular flexibility index (Phi) is 3.75. The molecule has 0 saturated heterocycles.